The smallest absolute Gasteiger partial charge is 0.496 e. The van der Waals surface area contributed by atoms with Crippen LogP contribution in [0.15, 0.2) is 60.7 Å². The van der Waals surface area contributed by atoms with Crippen molar-refractivity contribution < 1.29 is 23.5 Å². The van der Waals surface area contributed by atoms with Gasteiger partial charge in [-0.15, -0.1) is 16.2 Å². The molecule has 2 atom stereocenters. The number of hydrogen-bond acceptors (Lipinski definition) is 6. The average Bonchev–Trinajstić information content (AvgIpc) is 3.76. The number of methoxy groups -OCH3 is 1. The van der Waals surface area contributed by atoms with Gasteiger partial charge in [0.05, 0.1) is 13.7 Å². The Hall–Kier alpha value is -3.14. The van der Waals surface area contributed by atoms with Crippen LogP contribution in [-0.2, 0) is 4.57 Å². The van der Waals surface area contributed by atoms with Crippen LogP contribution in [0, 0.1) is 17.8 Å². The van der Waals surface area contributed by atoms with Gasteiger partial charge in [0.15, 0.2) is 0 Å². The van der Waals surface area contributed by atoms with Gasteiger partial charge in [-0.1, -0.05) is 107 Å². The van der Waals surface area contributed by atoms with E-state index in [9.17, 15) is 9.46 Å². The lowest BCUT2D eigenvalue weighted by Gasteiger charge is -2.19. The highest BCUT2D eigenvalue weighted by molar-refractivity contribution is 7.33. The van der Waals surface area contributed by atoms with Crippen molar-refractivity contribution in [2.24, 2.45) is 5.92 Å². The van der Waals surface area contributed by atoms with Crippen LogP contribution in [0.25, 0.3) is 31.3 Å². The third-order valence-electron chi connectivity index (χ3n) is 8.26. The van der Waals surface area contributed by atoms with Gasteiger partial charge in [-0.05, 0) is 72.9 Å². The standard InChI is InChI=1S/C39H47O5PS2/c1-5-8-10-11-12-13-14-15-17-30-18-20-31(21-19-30)36-22-23-37(46-36)32-27-35(43-28-29(7-3)16-9-6-2)33(26-34(32)42-4)38-24-25-39(47-38)44-45(40)41/h18-27,29H,5-14,16,28H2,1-4H3/p+1. The zero-order valence-electron chi connectivity index (χ0n) is 28.2. The molecule has 0 bridgehead atoms. The van der Waals surface area contributed by atoms with E-state index < -0.39 is 8.25 Å². The third kappa shape index (κ3) is 11.2. The predicted molar refractivity (Wildman–Crippen MR) is 199 cm³/mol. The molecule has 2 aromatic carbocycles. The summed E-state index contributed by atoms with van der Waals surface area (Å²) in [6, 6.07) is 20.5. The van der Waals surface area contributed by atoms with Crippen LogP contribution in [0.4, 0.5) is 0 Å². The maximum Gasteiger partial charge on any atom is 0.748 e. The second-order valence-electron chi connectivity index (χ2n) is 11.8. The summed E-state index contributed by atoms with van der Waals surface area (Å²) < 4.78 is 28.8. The molecular weight excluding hydrogens is 644 g/mol. The number of thiophene rings is 2. The summed E-state index contributed by atoms with van der Waals surface area (Å²) >= 11 is 3.03. The quantitative estimate of drug-likeness (QED) is 0.0602. The first kappa shape index (κ1) is 36.7. The van der Waals surface area contributed by atoms with Crippen molar-refractivity contribution in [3.63, 3.8) is 0 Å². The number of rotatable bonds is 19. The van der Waals surface area contributed by atoms with Gasteiger partial charge < -0.3 is 9.47 Å². The first-order chi connectivity index (χ1) is 22.9. The van der Waals surface area contributed by atoms with Crippen molar-refractivity contribution in [1.29, 1.82) is 0 Å². The fraction of sp³-hybridized carbons (Fsp3) is 0.436. The third-order valence-corrected chi connectivity index (χ3v) is 10.9. The normalized spacial score (nSPS) is 11.9. The Kier molecular flexibility index (Phi) is 15.3. The van der Waals surface area contributed by atoms with Crippen molar-refractivity contribution in [2.75, 3.05) is 13.7 Å². The number of hydrogen-bond donors (Lipinski definition) is 1. The van der Waals surface area contributed by atoms with Crippen LogP contribution < -0.4 is 14.0 Å². The van der Waals surface area contributed by atoms with Crippen LogP contribution >= 0.6 is 30.9 Å². The molecule has 2 heterocycles. The Morgan fingerprint density at radius 2 is 1.45 bits per heavy atom. The minimum Gasteiger partial charge on any atom is -0.496 e. The van der Waals surface area contributed by atoms with E-state index in [0.717, 1.165) is 69.2 Å². The lowest BCUT2D eigenvalue weighted by atomic mass is 10.0. The maximum absolute atomic E-state index is 11.3. The van der Waals surface area contributed by atoms with Gasteiger partial charge in [0.1, 0.15) is 11.5 Å². The average molecular weight is 692 g/mol. The van der Waals surface area contributed by atoms with Crippen LogP contribution in [-0.4, -0.2) is 18.6 Å². The van der Waals surface area contributed by atoms with Crippen LogP contribution in [0.2, 0.25) is 0 Å². The first-order valence-electron chi connectivity index (χ1n) is 16.9. The second kappa shape index (κ2) is 19.6. The SMILES string of the molecule is CCCCCCCCC#Cc1ccc(-c2ccc(-c3cc(OCC(CC)CCCC)c(-c4ccc(O[P+](=O)O)s4)cc3OC)s2)cc1. The minimum absolute atomic E-state index is 0.379. The Morgan fingerprint density at radius 3 is 2.17 bits per heavy atom. The summed E-state index contributed by atoms with van der Waals surface area (Å²) in [7, 11) is -1.05. The number of benzene rings is 2. The lowest BCUT2D eigenvalue weighted by molar-refractivity contribution is 0.234. The highest BCUT2D eigenvalue weighted by atomic mass is 32.1. The minimum atomic E-state index is -2.74. The summed E-state index contributed by atoms with van der Waals surface area (Å²) in [5.41, 5.74) is 4.04. The summed E-state index contributed by atoms with van der Waals surface area (Å²) in [4.78, 5) is 12.4. The molecule has 0 saturated carbocycles. The molecule has 47 heavy (non-hydrogen) atoms. The van der Waals surface area contributed by atoms with E-state index in [1.165, 1.54) is 61.2 Å². The van der Waals surface area contributed by atoms with Gasteiger partial charge in [-0.3, -0.25) is 0 Å². The molecule has 8 heteroatoms. The van der Waals surface area contributed by atoms with Crippen molar-refractivity contribution in [2.45, 2.75) is 91.4 Å². The fourth-order valence-electron chi connectivity index (χ4n) is 5.44. The lowest BCUT2D eigenvalue weighted by Crippen LogP contribution is -2.11. The molecule has 0 amide bonds. The van der Waals surface area contributed by atoms with Crippen molar-refractivity contribution >= 4 is 30.9 Å². The molecule has 0 saturated heterocycles. The molecule has 0 spiro atoms. The number of ether oxygens (including phenoxy) is 2. The molecule has 0 radical (unpaired) electrons. The molecule has 250 valence electrons. The van der Waals surface area contributed by atoms with E-state index >= 15 is 0 Å². The van der Waals surface area contributed by atoms with E-state index in [4.69, 9.17) is 14.0 Å². The highest BCUT2D eigenvalue weighted by Gasteiger charge is 2.21. The van der Waals surface area contributed by atoms with Gasteiger partial charge in [0, 0.05) is 42.3 Å². The molecule has 4 aromatic rings. The predicted octanol–water partition coefficient (Wildman–Crippen LogP) is 12.5. The van der Waals surface area contributed by atoms with Crippen molar-refractivity contribution in [3.8, 4) is 59.7 Å². The Morgan fingerprint density at radius 1 is 0.787 bits per heavy atom. The largest absolute Gasteiger partial charge is 0.748 e. The van der Waals surface area contributed by atoms with Crippen LogP contribution in [0.3, 0.4) is 0 Å². The van der Waals surface area contributed by atoms with Crippen LogP contribution in [0.5, 0.6) is 16.6 Å². The van der Waals surface area contributed by atoms with Crippen molar-refractivity contribution in [1.82, 2.24) is 0 Å². The molecular formula is C39H48O5PS2+. The molecule has 1 N–H and O–H groups in total. The molecule has 0 aliphatic rings. The van der Waals surface area contributed by atoms with E-state index in [1.807, 2.05) is 12.1 Å². The molecule has 5 nitrogen and oxygen atoms in total. The summed E-state index contributed by atoms with van der Waals surface area (Å²) in [5.74, 6) is 8.64. The first-order valence-corrected chi connectivity index (χ1v) is 19.7. The van der Waals surface area contributed by atoms with Crippen LogP contribution in [0.1, 0.15) is 97.0 Å². The molecule has 0 aliphatic carbocycles. The molecule has 0 fully saturated rings. The molecule has 2 unspecified atom stereocenters. The molecule has 0 aliphatic heterocycles. The zero-order valence-corrected chi connectivity index (χ0v) is 30.7. The Labute approximate surface area is 290 Å². The zero-order chi connectivity index (χ0) is 33.4. The molecule has 4 rings (SSSR count). The highest BCUT2D eigenvalue weighted by Crippen LogP contribution is 2.47. The van der Waals surface area contributed by atoms with E-state index in [1.54, 1.807) is 24.5 Å². The Bertz CT molecular complexity index is 1610. The summed E-state index contributed by atoms with van der Waals surface area (Å²) in [5, 5.41) is 0.379. The summed E-state index contributed by atoms with van der Waals surface area (Å²) in [6.07, 6.45) is 13.2. The van der Waals surface area contributed by atoms with Gasteiger partial charge in [-0.25, -0.2) is 4.52 Å². The van der Waals surface area contributed by atoms with E-state index in [0.29, 0.717) is 17.6 Å². The fourth-order valence-corrected chi connectivity index (χ4v) is 7.79. The monoisotopic (exact) mass is 691 g/mol. The van der Waals surface area contributed by atoms with Crippen molar-refractivity contribution in [3.05, 3.63) is 66.2 Å². The Balaban J connectivity index is 1.55. The topological polar surface area (TPSA) is 65.0 Å². The maximum atomic E-state index is 11.3. The van der Waals surface area contributed by atoms with E-state index in [2.05, 4.69) is 75.1 Å². The van der Waals surface area contributed by atoms with Gasteiger partial charge in [0.2, 0.25) is 5.06 Å². The number of unbranched alkanes of at least 4 members (excludes halogenated alkanes) is 7. The summed E-state index contributed by atoms with van der Waals surface area (Å²) in [6.45, 7) is 7.30. The second-order valence-corrected chi connectivity index (χ2v) is 14.6. The molecule has 2 aromatic heterocycles. The van der Waals surface area contributed by atoms with Gasteiger partial charge in [-0.2, -0.15) is 0 Å². The van der Waals surface area contributed by atoms with Gasteiger partial charge in [0.25, 0.3) is 0 Å². The van der Waals surface area contributed by atoms with E-state index in [-0.39, 0.29) is 0 Å². The van der Waals surface area contributed by atoms with Gasteiger partial charge >= 0.3 is 8.25 Å².